The molecule has 0 fully saturated rings. The zero-order chi connectivity index (χ0) is 10.4. The Kier molecular flexibility index (Phi) is 4.98. The number of alkyl halides is 1. The SMILES string of the molecule is CCN(CCCl)C(=O)Cc1cccs1. The van der Waals surface area contributed by atoms with Gasteiger partial charge < -0.3 is 4.90 Å². The number of likely N-dealkylation sites (N-methyl/N-ethyl adjacent to an activating group) is 1. The molecule has 0 atom stereocenters. The van der Waals surface area contributed by atoms with Crippen molar-refractivity contribution in [1.29, 1.82) is 0 Å². The van der Waals surface area contributed by atoms with Crippen LogP contribution in [-0.2, 0) is 11.2 Å². The number of carbonyl (C=O) groups is 1. The molecule has 0 bridgehead atoms. The molecule has 78 valence electrons. The quantitative estimate of drug-likeness (QED) is 0.713. The highest BCUT2D eigenvalue weighted by Crippen LogP contribution is 2.10. The first-order valence-corrected chi connectivity index (χ1v) is 6.05. The van der Waals surface area contributed by atoms with Crippen molar-refractivity contribution < 1.29 is 4.79 Å². The molecule has 0 unspecified atom stereocenters. The van der Waals surface area contributed by atoms with Crippen LogP contribution in [0.2, 0.25) is 0 Å². The van der Waals surface area contributed by atoms with Gasteiger partial charge in [-0.2, -0.15) is 0 Å². The van der Waals surface area contributed by atoms with E-state index in [1.54, 1.807) is 16.2 Å². The molecule has 0 radical (unpaired) electrons. The minimum Gasteiger partial charge on any atom is -0.341 e. The summed E-state index contributed by atoms with van der Waals surface area (Å²) in [5.74, 6) is 0.667. The van der Waals surface area contributed by atoms with Crippen LogP contribution in [0.15, 0.2) is 17.5 Å². The van der Waals surface area contributed by atoms with Crippen molar-refractivity contribution in [3.05, 3.63) is 22.4 Å². The minimum absolute atomic E-state index is 0.163. The fraction of sp³-hybridized carbons (Fsp3) is 0.500. The molecule has 2 nitrogen and oxygen atoms in total. The number of rotatable bonds is 5. The summed E-state index contributed by atoms with van der Waals surface area (Å²) < 4.78 is 0. The van der Waals surface area contributed by atoms with Crippen molar-refractivity contribution in [1.82, 2.24) is 4.90 Å². The summed E-state index contributed by atoms with van der Waals surface area (Å²) >= 11 is 7.23. The Morgan fingerprint density at radius 1 is 1.64 bits per heavy atom. The van der Waals surface area contributed by atoms with E-state index >= 15 is 0 Å². The van der Waals surface area contributed by atoms with Gasteiger partial charge in [0.1, 0.15) is 0 Å². The van der Waals surface area contributed by atoms with Crippen LogP contribution in [0.4, 0.5) is 0 Å². The maximum Gasteiger partial charge on any atom is 0.227 e. The van der Waals surface area contributed by atoms with Crippen LogP contribution < -0.4 is 0 Å². The average Bonchev–Trinajstić information content (AvgIpc) is 2.66. The van der Waals surface area contributed by atoms with Crippen molar-refractivity contribution in [3.63, 3.8) is 0 Å². The van der Waals surface area contributed by atoms with Gasteiger partial charge >= 0.3 is 0 Å². The van der Waals surface area contributed by atoms with Gasteiger partial charge in [-0.05, 0) is 18.4 Å². The second kappa shape index (κ2) is 6.04. The number of thiophene rings is 1. The molecule has 1 aromatic rings. The average molecular weight is 232 g/mol. The molecule has 1 rings (SSSR count). The molecule has 1 heterocycles. The molecule has 0 aliphatic heterocycles. The Balaban J connectivity index is 2.47. The Morgan fingerprint density at radius 2 is 2.43 bits per heavy atom. The van der Waals surface area contributed by atoms with Gasteiger partial charge in [0.15, 0.2) is 0 Å². The maximum absolute atomic E-state index is 11.7. The number of carbonyl (C=O) groups excluding carboxylic acids is 1. The van der Waals surface area contributed by atoms with Gasteiger partial charge in [-0.15, -0.1) is 22.9 Å². The Hall–Kier alpha value is -0.540. The van der Waals surface area contributed by atoms with Gasteiger partial charge in [0.2, 0.25) is 5.91 Å². The fourth-order valence-corrected chi connectivity index (χ4v) is 2.14. The number of halogens is 1. The number of hydrogen-bond acceptors (Lipinski definition) is 2. The third-order valence-corrected chi connectivity index (χ3v) is 3.04. The summed E-state index contributed by atoms with van der Waals surface area (Å²) in [6, 6.07) is 3.95. The Labute approximate surface area is 93.5 Å². The highest BCUT2D eigenvalue weighted by Gasteiger charge is 2.11. The minimum atomic E-state index is 0.163. The van der Waals surface area contributed by atoms with Gasteiger partial charge in [-0.3, -0.25) is 4.79 Å². The molecular weight excluding hydrogens is 218 g/mol. The smallest absolute Gasteiger partial charge is 0.227 e. The lowest BCUT2D eigenvalue weighted by Crippen LogP contribution is -2.33. The van der Waals surface area contributed by atoms with Gasteiger partial charge in [0.25, 0.3) is 0 Å². The van der Waals surface area contributed by atoms with E-state index in [2.05, 4.69) is 0 Å². The third kappa shape index (κ3) is 3.31. The molecule has 0 N–H and O–H groups in total. The molecule has 14 heavy (non-hydrogen) atoms. The maximum atomic E-state index is 11.7. The van der Waals surface area contributed by atoms with E-state index in [9.17, 15) is 4.79 Å². The lowest BCUT2D eigenvalue weighted by molar-refractivity contribution is -0.129. The van der Waals surface area contributed by atoms with Crippen molar-refractivity contribution >= 4 is 28.8 Å². The number of amides is 1. The summed E-state index contributed by atoms with van der Waals surface area (Å²) in [6.45, 7) is 3.35. The predicted molar refractivity (Wildman–Crippen MR) is 61.0 cm³/mol. The van der Waals surface area contributed by atoms with Crippen LogP contribution in [-0.4, -0.2) is 29.8 Å². The van der Waals surface area contributed by atoms with Gasteiger partial charge in [0.05, 0.1) is 6.42 Å². The summed E-state index contributed by atoms with van der Waals surface area (Å²) in [4.78, 5) is 14.6. The van der Waals surface area contributed by atoms with Crippen molar-refractivity contribution in [2.24, 2.45) is 0 Å². The zero-order valence-electron chi connectivity index (χ0n) is 8.20. The molecule has 4 heteroatoms. The topological polar surface area (TPSA) is 20.3 Å². The molecule has 0 aliphatic rings. The summed E-state index contributed by atoms with van der Waals surface area (Å²) in [5.41, 5.74) is 0. The first-order chi connectivity index (χ1) is 6.77. The van der Waals surface area contributed by atoms with Crippen LogP contribution in [0.1, 0.15) is 11.8 Å². The lowest BCUT2D eigenvalue weighted by Gasteiger charge is -2.18. The van der Waals surface area contributed by atoms with E-state index in [0.717, 1.165) is 11.4 Å². The molecule has 0 aliphatic carbocycles. The van der Waals surface area contributed by atoms with E-state index in [4.69, 9.17) is 11.6 Å². The molecule has 1 amide bonds. The van der Waals surface area contributed by atoms with Crippen LogP contribution in [0.3, 0.4) is 0 Å². The molecule has 0 aromatic carbocycles. The van der Waals surface area contributed by atoms with E-state index in [1.165, 1.54) is 0 Å². The van der Waals surface area contributed by atoms with Crippen LogP contribution in [0.25, 0.3) is 0 Å². The molecule has 1 aromatic heterocycles. The lowest BCUT2D eigenvalue weighted by atomic mass is 10.3. The zero-order valence-corrected chi connectivity index (χ0v) is 9.77. The Bertz CT molecular complexity index is 274. The standard InChI is InChI=1S/C10H14ClNOS/c1-2-12(6-5-11)10(13)8-9-4-3-7-14-9/h3-4,7H,2,5-6,8H2,1H3. The highest BCUT2D eigenvalue weighted by molar-refractivity contribution is 7.10. The van der Waals surface area contributed by atoms with Gasteiger partial charge in [0, 0.05) is 23.8 Å². The summed E-state index contributed by atoms with van der Waals surface area (Å²) in [7, 11) is 0. The second-order valence-corrected chi connectivity index (χ2v) is 4.33. The van der Waals surface area contributed by atoms with Gasteiger partial charge in [-0.25, -0.2) is 0 Å². The van der Waals surface area contributed by atoms with Crippen molar-refractivity contribution in [2.45, 2.75) is 13.3 Å². The molecular formula is C10H14ClNOS. The normalized spacial score (nSPS) is 10.1. The summed E-state index contributed by atoms with van der Waals surface area (Å²) in [5, 5.41) is 1.99. The van der Waals surface area contributed by atoms with Crippen molar-refractivity contribution in [3.8, 4) is 0 Å². The Morgan fingerprint density at radius 3 is 2.93 bits per heavy atom. The van der Waals surface area contributed by atoms with E-state index in [-0.39, 0.29) is 5.91 Å². The predicted octanol–water partition coefficient (Wildman–Crippen LogP) is 2.38. The monoisotopic (exact) mass is 231 g/mol. The molecule has 0 spiro atoms. The number of hydrogen-bond donors (Lipinski definition) is 0. The summed E-state index contributed by atoms with van der Waals surface area (Å²) in [6.07, 6.45) is 0.502. The van der Waals surface area contributed by atoms with Crippen LogP contribution in [0, 0.1) is 0 Å². The van der Waals surface area contributed by atoms with E-state index < -0.39 is 0 Å². The van der Waals surface area contributed by atoms with Crippen LogP contribution >= 0.6 is 22.9 Å². The fourth-order valence-electron chi connectivity index (χ4n) is 1.24. The number of nitrogens with zero attached hydrogens (tertiary/aromatic N) is 1. The van der Waals surface area contributed by atoms with Gasteiger partial charge in [-0.1, -0.05) is 6.07 Å². The molecule has 0 saturated heterocycles. The van der Waals surface area contributed by atoms with E-state index in [1.807, 2.05) is 24.4 Å². The molecule has 0 saturated carbocycles. The second-order valence-electron chi connectivity index (χ2n) is 2.92. The van der Waals surface area contributed by atoms with Crippen molar-refractivity contribution in [2.75, 3.05) is 19.0 Å². The third-order valence-electron chi connectivity index (χ3n) is 1.99. The highest BCUT2D eigenvalue weighted by atomic mass is 35.5. The first-order valence-electron chi connectivity index (χ1n) is 4.64. The largest absolute Gasteiger partial charge is 0.341 e. The first kappa shape index (κ1) is 11.5. The van der Waals surface area contributed by atoms with E-state index in [0.29, 0.717) is 18.8 Å². The van der Waals surface area contributed by atoms with Crippen LogP contribution in [0.5, 0.6) is 0 Å².